The number of piperidine rings is 1. The molecule has 8 nitrogen and oxygen atoms in total. The van der Waals surface area contributed by atoms with Crippen molar-refractivity contribution >= 4 is 11.8 Å². The van der Waals surface area contributed by atoms with Gasteiger partial charge in [-0.15, -0.1) is 0 Å². The summed E-state index contributed by atoms with van der Waals surface area (Å²) in [6, 6.07) is 23.6. The van der Waals surface area contributed by atoms with E-state index in [4.69, 9.17) is 15.2 Å². The number of aryl methyl sites for hydroxylation is 1. The van der Waals surface area contributed by atoms with E-state index in [1.807, 2.05) is 24.3 Å². The fourth-order valence-corrected chi connectivity index (χ4v) is 6.58. The number of amides is 2. The number of nitrogens with two attached hydrogens (primary N) is 1. The maximum atomic E-state index is 14.0. The Kier molecular flexibility index (Phi) is 10.6. The quantitative estimate of drug-likeness (QED) is 0.338. The van der Waals surface area contributed by atoms with Crippen molar-refractivity contribution in [2.24, 2.45) is 5.73 Å². The zero-order valence-corrected chi connectivity index (χ0v) is 26.2. The maximum Gasteiger partial charge on any atom is 0.254 e. The first-order chi connectivity index (χ1) is 21.3. The standard InChI is InChI=1S/C36H46N4O4/c1-25-8-4-5-10-28(25)24-39(23-26-9-6-12-32(20-26)43-2)31-18-19-40(36(42)27-11-7-13-33(21-27)44-3)34(22-31)35(41)38-30-16-14-29(37)15-17-30/h4-13,20-21,29-31,34H,14-19,22-24,37H2,1-3H3,(H,38,41)/t29?,30?,31?,34-/m1/s1. The summed E-state index contributed by atoms with van der Waals surface area (Å²) in [4.78, 5) is 32.2. The molecule has 44 heavy (non-hydrogen) atoms. The average molecular weight is 599 g/mol. The van der Waals surface area contributed by atoms with Crippen LogP contribution in [0.2, 0.25) is 0 Å². The number of nitrogens with zero attached hydrogens (tertiary/aromatic N) is 2. The SMILES string of the molecule is COc1cccc(CN(Cc2ccccc2C)C2CCN(C(=O)c3cccc(OC)c3)[C@@H](C(=O)NC3CCC(N)CC3)C2)c1. The minimum absolute atomic E-state index is 0.0799. The van der Waals surface area contributed by atoms with E-state index in [9.17, 15) is 9.59 Å². The van der Waals surface area contributed by atoms with Crippen molar-refractivity contribution in [2.45, 2.75) is 82.7 Å². The summed E-state index contributed by atoms with van der Waals surface area (Å²) in [5.41, 5.74) is 10.3. The molecule has 0 aromatic heterocycles. The molecule has 2 amide bonds. The zero-order chi connectivity index (χ0) is 31.1. The minimum atomic E-state index is -0.590. The van der Waals surface area contributed by atoms with Crippen LogP contribution in [-0.4, -0.2) is 66.5 Å². The number of rotatable bonds is 10. The highest BCUT2D eigenvalue weighted by atomic mass is 16.5. The van der Waals surface area contributed by atoms with Gasteiger partial charge >= 0.3 is 0 Å². The molecule has 234 valence electrons. The van der Waals surface area contributed by atoms with Crippen molar-refractivity contribution in [1.82, 2.24) is 15.1 Å². The first-order valence-electron chi connectivity index (χ1n) is 15.8. The number of hydrogen-bond acceptors (Lipinski definition) is 6. The third-order valence-corrected chi connectivity index (χ3v) is 9.24. The molecular weight excluding hydrogens is 552 g/mol. The van der Waals surface area contributed by atoms with Crippen molar-refractivity contribution in [3.63, 3.8) is 0 Å². The molecule has 1 aliphatic heterocycles. The predicted octanol–water partition coefficient (Wildman–Crippen LogP) is 5.07. The van der Waals surface area contributed by atoms with Crippen LogP contribution in [0.1, 0.15) is 65.6 Å². The van der Waals surface area contributed by atoms with Gasteiger partial charge < -0.3 is 25.4 Å². The van der Waals surface area contributed by atoms with Crippen molar-refractivity contribution in [3.8, 4) is 11.5 Å². The number of hydrogen-bond donors (Lipinski definition) is 2. The molecule has 1 saturated carbocycles. The molecule has 8 heteroatoms. The molecule has 1 aliphatic carbocycles. The minimum Gasteiger partial charge on any atom is -0.497 e. The Bertz CT molecular complexity index is 1420. The molecule has 0 spiro atoms. The van der Waals surface area contributed by atoms with Crippen LogP contribution in [0.15, 0.2) is 72.8 Å². The van der Waals surface area contributed by atoms with E-state index in [-0.39, 0.29) is 29.9 Å². The average Bonchev–Trinajstić information content (AvgIpc) is 3.06. The topological polar surface area (TPSA) is 97.1 Å². The molecule has 1 unspecified atom stereocenters. The van der Waals surface area contributed by atoms with Crippen LogP contribution in [0.4, 0.5) is 0 Å². The van der Waals surface area contributed by atoms with E-state index in [0.717, 1.165) is 50.0 Å². The lowest BCUT2D eigenvalue weighted by Gasteiger charge is -2.43. The number of carbonyl (C=O) groups excluding carboxylic acids is 2. The second-order valence-corrected chi connectivity index (χ2v) is 12.2. The van der Waals surface area contributed by atoms with Gasteiger partial charge in [-0.25, -0.2) is 0 Å². The van der Waals surface area contributed by atoms with Gasteiger partial charge in [0.2, 0.25) is 5.91 Å². The summed E-state index contributed by atoms with van der Waals surface area (Å²) >= 11 is 0. The number of ether oxygens (including phenoxy) is 2. The lowest BCUT2D eigenvalue weighted by atomic mass is 9.90. The predicted molar refractivity (Wildman–Crippen MR) is 173 cm³/mol. The van der Waals surface area contributed by atoms with Gasteiger partial charge in [-0.1, -0.05) is 42.5 Å². The van der Waals surface area contributed by atoms with Crippen molar-refractivity contribution in [2.75, 3.05) is 20.8 Å². The molecule has 2 fully saturated rings. The Labute approximate surface area is 261 Å². The van der Waals surface area contributed by atoms with Crippen molar-refractivity contribution in [3.05, 3.63) is 95.1 Å². The van der Waals surface area contributed by atoms with Crippen molar-refractivity contribution < 1.29 is 19.1 Å². The van der Waals surface area contributed by atoms with Crippen LogP contribution in [0, 0.1) is 6.92 Å². The molecule has 5 rings (SSSR count). The molecule has 1 heterocycles. The summed E-state index contributed by atoms with van der Waals surface area (Å²) in [6.45, 7) is 4.07. The lowest BCUT2D eigenvalue weighted by Crippen LogP contribution is -2.58. The molecule has 3 aromatic carbocycles. The monoisotopic (exact) mass is 598 g/mol. The van der Waals surface area contributed by atoms with Gasteiger partial charge in [-0.3, -0.25) is 14.5 Å². The van der Waals surface area contributed by atoms with Gasteiger partial charge in [0.05, 0.1) is 14.2 Å². The molecule has 0 radical (unpaired) electrons. The molecule has 1 saturated heterocycles. The molecule has 2 atom stereocenters. The molecular formula is C36H46N4O4. The Hall–Kier alpha value is -3.88. The molecule has 3 N–H and O–H groups in total. The Morgan fingerprint density at radius 3 is 2.32 bits per heavy atom. The van der Waals surface area contributed by atoms with Gasteiger partial charge in [-0.2, -0.15) is 0 Å². The van der Waals surface area contributed by atoms with E-state index < -0.39 is 6.04 Å². The molecule has 3 aromatic rings. The third-order valence-electron chi connectivity index (χ3n) is 9.24. The zero-order valence-electron chi connectivity index (χ0n) is 26.2. The number of nitrogens with one attached hydrogen (secondary N) is 1. The summed E-state index contributed by atoms with van der Waals surface area (Å²) in [5.74, 6) is 1.21. The van der Waals surface area contributed by atoms with Crippen molar-refractivity contribution in [1.29, 1.82) is 0 Å². The van der Waals surface area contributed by atoms with Gasteiger partial charge in [-0.05, 0) is 92.5 Å². The van der Waals surface area contributed by atoms with E-state index >= 15 is 0 Å². The fourth-order valence-electron chi connectivity index (χ4n) is 6.58. The third kappa shape index (κ3) is 7.79. The molecule has 2 aliphatic rings. The first kappa shape index (κ1) is 31.5. The van der Waals surface area contributed by atoms with Gasteiger partial charge in [0.25, 0.3) is 5.91 Å². The number of benzene rings is 3. The number of likely N-dealkylation sites (tertiary alicyclic amines) is 1. The van der Waals surface area contributed by atoms with Crippen LogP contribution in [0.5, 0.6) is 11.5 Å². The van der Waals surface area contributed by atoms with E-state index in [2.05, 4.69) is 53.5 Å². The van der Waals surface area contributed by atoms with Gasteiger partial charge in [0, 0.05) is 43.3 Å². The Balaban J connectivity index is 1.43. The fraction of sp³-hybridized carbons (Fsp3) is 0.444. The van der Waals surface area contributed by atoms with Crippen LogP contribution in [0.3, 0.4) is 0 Å². The van der Waals surface area contributed by atoms with Gasteiger partial charge in [0.15, 0.2) is 0 Å². The van der Waals surface area contributed by atoms with E-state index in [0.29, 0.717) is 30.8 Å². The number of carbonyl (C=O) groups is 2. The smallest absolute Gasteiger partial charge is 0.254 e. The van der Waals surface area contributed by atoms with Crippen LogP contribution in [0.25, 0.3) is 0 Å². The normalized spacial score (nSPS) is 22.0. The Morgan fingerprint density at radius 1 is 0.886 bits per heavy atom. The Morgan fingerprint density at radius 2 is 1.59 bits per heavy atom. The largest absolute Gasteiger partial charge is 0.497 e. The second-order valence-electron chi connectivity index (χ2n) is 12.2. The van der Waals surface area contributed by atoms with E-state index in [1.54, 1.807) is 31.3 Å². The number of methoxy groups -OCH3 is 2. The highest BCUT2D eigenvalue weighted by Gasteiger charge is 2.39. The summed E-state index contributed by atoms with van der Waals surface area (Å²) in [5, 5.41) is 3.30. The van der Waals surface area contributed by atoms with Crippen LogP contribution in [-0.2, 0) is 17.9 Å². The summed E-state index contributed by atoms with van der Waals surface area (Å²) in [7, 11) is 3.27. The summed E-state index contributed by atoms with van der Waals surface area (Å²) < 4.78 is 10.9. The first-order valence-corrected chi connectivity index (χ1v) is 15.8. The summed E-state index contributed by atoms with van der Waals surface area (Å²) in [6.07, 6.45) is 4.83. The van der Waals surface area contributed by atoms with Gasteiger partial charge in [0.1, 0.15) is 17.5 Å². The molecule has 0 bridgehead atoms. The lowest BCUT2D eigenvalue weighted by molar-refractivity contribution is -0.128. The maximum absolute atomic E-state index is 14.0. The van der Waals surface area contributed by atoms with Crippen LogP contribution < -0.4 is 20.5 Å². The van der Waals surface area contributed by atoms with Crippen LogP contribution >= 0.6 is 0 Å². The second kappa shape index (κ2) is 14.7. The highest BCUT2D eigenvalue weighted by Crippen LogP contribution is 2.29. The van der Waals surface area contributed by atoms with E-state index in [1.165, 1.54) is 11.1 Å². The highest BCUT2D eigenvalue weighted by molar-refractivity contribution is 5.98.